The summed E-state index contributed by atoms with van der Waals surface area (Å²) in [5.41, 5.74) is 0. The molecule has 1 heterocycles. The van der Waals surface area contributed by atoms with Crippen LogP contribution >= 0.6 is 11.8 Å². The van der Waals surface area contributed by atoms with Gasteiger partial charge in [0.05, 0.1) is 0 Å². The maximum atomic E-state index is 2.39. The molecule has 0 radical (unpaired) electrons. The SMILES string of the molecule is CC1CN(C)CCS1. The summed E-state index contributed by atoms with van der Waals surface area (Å²) >= 11 is 2.08. The molecular formula is C6H13NS. The first-order valence-corrected chi connectivity index (χ1v) is 4.14. The van der Waals surface area contributed by atoms with Gasteiger partial charge < -0.3 is 4.90 Å². The molecular weight excluding hydrogens is 118 g/mol. The van der Waals surface area contributed by atoms with Crippen molar-refractivity contribution in [3.63, 3.8) is 0 Å². The zero-order chi connectivity index (χ0) is 5.98. The van der Waals surface area contributed by atoms with E-state index in [0.717, 1.165) is 5.25 Å². The van der Waals surface area contributed by atoms with E-state index >= 15 is 0 Å². The van der Waals surface area contributed by atoms with E-state index in [1.54, 1.807) is 0 Å². The van der Waals surface area contributed by atoms with Gasteiger partial charge in [-0.15, -0.1) is 0 Å². The minimum atomic E-state index is 0.855. The summed E-state index contributed by atoms with van der Waals surface area (Å²) in [6.07, 6.45) is 0. The number of nitrogens with zero attached hydrogens (tertiary/aromatic N) is 1. The maximum Gasteiger partial charge on any atom is 0.0147 e. The van der Waals surface area contributed by atoms with E-state index in [9.17, 15) is 0 Å². The minimum Gasteiger partial charge on any atom is -0.304 e. The Hall–Kier alpha value is 0.310. The molecule has 48 valence electrons. The highest BCUT2D eigenvalue weighted by molar-refractivity contribution is 7.99. The topological polar surface area (TPSA) is 3.24 Å². The van der Waals surface area contributed by atoms with Crippen molar-refractivity contribution in [1.82, 2.24) is 4.90 Å². The molecule has 1 unspecified atom stereocenters. The second-order valence-corrected chi connectivity index (χ2v) is 3.99. The zero-order valence-electron chi connectivity index (χ0n) is 5.55. The highest BCUT2D eigenvalue weighted by Crippen LogP contribution is 2.15. The Bertz CT molecular complexity index is 66.9. The van der Waals surface area contributed by atoms with Gasteiger partial charge in [0.2, 0.25) is 0 Å². The van der Waals surface area contributed by atoms with Crippen LogP contribution in [-0.4, -0.2) is 36.0 Å². The van der Waals surface area contributed by atoms with Crippen LogP contribution in [0.2, 0.25) is 0 Å². The lowest BCUT2D eigenvalue weighted by atomic mass is 10.4. The molecule has 0 amide bonds. The van der Waals surface area contributed by atoms with Crippen molar-refractivity contribution in [2.45, 2.75) is 12.2 Å². The second-order valence-electron chi connectivity index (χ2n) is 2.44. The van der Waals surface area contributed by atoms with Crippen molar-refractivity contribution in [2.75, 3.05) is 25.9 Å². The van der Waals surface area contributed by atoms with Crippen molar-refractivity contribution >= 4 is 11.8 Å². The molecule has 1 rings (SSSR count). The summed E-state index contributed by atoms with van der Waals surface area (Å²) in [5, 5.41) is 0.855. The minimum absolute atomic E-state index is 0.855. The maximum absolute atomic E-state index is 2.39. The van der Waals surface area contributed by atoms with Crippen LogP contribution in [0.3, 0.4) is 0 Å². The third kappa shape index (κ3) is 1.67. The van der Waals surface area contributed by atoms with Gasteiger partial charge in [0.15, 0.2) is 0 Å². The molecule has 0 aromatic carbocycles. The van der Waals surface area contributed by atoms with E-state index in [1.165, 1.54) is 18.8 Å². The van der Waals surface area contributed by atoms with Crippen LogP contribution < -0.4 is 0 Å². The largest absolute Gasteiger partial charge is 0.304 e. The van der Waals surface area contributed by atoms with Crippen LogP contribution in [0, 0.1) is 0 Å². The van der Waals surface area contributed by atoms with E-state index in [2.05, 4.69) is 30.6 Å². The molecule has 1 saturated heterocycles. The summed E-state index contributed by atoms with van der Waals surface area (Å²) in [7, 11) is 2.19. The molecule has 1 atom stereocenters. The Balaban J connectivity index is 2.23. The number of thioether (sulfide) groups is 1. The van der Waals surface area contributed by atoms with Gasteiger partial charge in [0.1, 0.15) is 0 Å². The fourth-order valence-corrected chi connectivity index (χ4v) is 2.17. The standard InChI is InChI=1S/C6H13NS/c1-6-5-7(2)3-4-8-6/h6H,3-5H2,1-2H3. The highest BCUT2D eigenvalue weighted by atomic mass is 32.2. The smallest absolute Gasteiger partial charge is 0.0147 e. The number of hydrogen-bond donors (Lipinski definition) is 0. The first kappa shape index (κ1) is 6.43. The van der Waals surface area contributed by atoms with Crippen LogP contribution in [0.4, 0.5) is 0 Å². The third-order valence-electron chi connectivity index (χ3n) is 1.44. The average Bonchev–Trinajstić information content (AvgIpc) is 1.64. The predicted octanol–water partition coefficient (Wildman–Crippen LogP) is 1.05. The van der Waals surface area contributed by atoms with Gasteiger partial charge in [0.25, 0.3) is 0 Å². The van der Waals surface area contributed by atoms with Gasteiger partial charge in [-0.1, -0.05) is 6.92 Å². The molecule has 0 N–H and O–H groups in total. The lowest BCUT2D eigenvalue weighted by molar-refractivity contribution is 0.350. The van der Waals surface area contributed by atoms with E-state index in [-0.39, 0.29) is 0 Å². The lowest BCUT2D eigenvalue weighted by Crippen LogP contribution is -2.32. The summed E-state index contributed by atoms with van der Waals surface area (Å²) < 4.78 is 0. The number of rotatable bonds is 0. The molecule has 1 fully saturated rings. The second kappa shape index (κ2) is 2.74. The van der Waals surface area contributed by atoms with Gasteiger partial charge >= 0.3 is 0 Å². The number of hydrogen-bond acceptors (Lipinski definition) is 2. The zero-order valence-corrected chi connectivity index (χ0v) is 6.37. The van der Waals surface area contributed by atoms with Crippen LogP contribution in [0.1, 0.15) is 6.92 Å². The molecule has 8 heavy (non-hydrogen) atoms. The third-order valence-corrected chi connectivity index (χ3v) is 2.58. The average molecular weight is 131 g/mol. The van der Waals surface area contributed by atoms with Gasteiger partial charge in [0, 0.05) is 24.1 Å². The predicted molar refractivity (Wildman–Crippen MR) is 39.4 cm³/mol. The van der Waals surface area contributed by atoms with Crippen LogP contribution in [0.15, 0.2) is 0 Å². The molecule has 1 aliphatic rings. The fourth-order valence-electron chi connectivity index (χ4n) is 0.993. The van der Waals surface area contributed by atoms with Crippen molar-refractivity contribution < 1.29 is 0 Å². The summed E-state index contributed by atoms with van der Waals surface area (Å²) in [5.74, 6) is 1.32. The molecule has 2 heteroatoms. The normalized spacial score (nSPS) is 33.0. The molecule has 1 aliphatic heterocycles. The highest BCUT2D eigenvalue weighted by Gasteiger charge is 2.11. The molecule has 0 bridgehead atoms. The van der Waals surface area contributed by atoms with Crippen LogP contribution in [-0.2, 0) is 0 Å². The van der Waals surface area contributed by atoms with Crippen LogP contribution in [0.25, 0.3) is 0 Å². The molecule has 0 aromatic heterocycles. The first-order valence-electron chi connectivity index (χ1n) is 3.09. The fraction of sp³-hybridized carbons (Fsp3) is 1.00. The van der Waals surface area contributed by atoms with Gasteiger partial charge in [-0.05, 0) is 7.05 Å². The van der Waals surface area contributed by atoms with Gasteiger partial charge in [-0.25, -0.2) is 0 Å². The Labute approximate surface area is 55.4 Å². The Morgan fingerprint density at radius 3 is 2.75 bits per heavy atom. The van der Waals surface area contributed by atoms with Gasteiger partial charge in [-0.3, -0.25) is 0 Å². The van der Waals surface area contributed by atoms with Crippen molar-refractivity contribution in [1.29, 1.82) is 0 Å². The van der Waals surface area contributed by atoms with Crippen molar-refractivity contribution in [3.8, 4) is 0 Å². The van der Waals surface area contributed by atoms with E-state index < -0.39 is 0 Å². The Morgan fingerprint density at radius 2 is 2.38 bits per heavy atom. The van der Waals surface area contributed by atoms with Crippen molar-refractivity contribution in [2.24, 2.45) is 0 Å². The van der Waals surface area contributed by atoms with Gasteiger partial charge in [-0.2, -0.15) is 11.8 Å². The van der Waals surface area contributed by atoms with E-state index in [1.807, 2.05) is 0 Å². The van der Waals surface area contributed by atoms with E-state index in [4.69, 9.17) is 0 Å². The van der Waals surface area contributed by atoms with E-state index in [0.29, 0.717) is 0 Å². The van der Waals surface area contributed by atoms with Crippen LogP contribution in [0.5, 0.6) is 0 Å². The molecule has 0 spiro atoms. The molecule has 0 aromatic rings. The summed E-state index contributed by atoms with van der Waals surface area (Å²) in [6, 6.07) is 0. The molecule has 1 nitrogen and oxygen atoms in total. The molecule has 0 aliphatic carbocycles. The quantitative estimate of drug-likeness (QED) is 0.483. The summed E-state index contributed by atoms with van der Waals surface area (Å²) in [4.78, 5) is 2.39. The Kier molecular flexibility index (Phi) is 2.20. The lowest BCUT2D eigenvalue weighted by Gasteiger charge is -2.26. The Morgan fingerprint density at radius 1 is 1.62 bits per heavy atom. The first-order chi connectivity index (χ1) is 3.79. The monoisotopic (exact) mass is 131 g/mol. The molecule has 0 saturated carbocycles. The van der Waals surface area contributed by atoms with Crippen molar-refractivity contribution in [3.05, 3.63) is 0 Å². The summed E-state index contributed by atoms with van der Waals surface area (Å²) in [6.45, 7) is 4.83.